The Hall–Kier alpha value is -1.55. The molecule has 3 rings (SSSR count). The smallest absolute Gasteiger partial charge is 0.169 e. The van der Waals surface area contributed by atoms with Crippen LogP contribution in [-0.4, -0.2) is 21.1 Å². The molecule has 2 heterocycles. The number of imidazole rings is 1. The van der Waals surface area contributed by atoms with Crippen LogP contribution in [0.15, 0.2) is 41.7 Å². The van der Waals surface area contributed by atoms with E-state index in [4.69, 9.17) is 0 Å². The van der Waals surface area contributed by atoms with Crippen LogP contribution < -0.4 is 0 Å². The Bertz CT molecular complexity index is 525. The van der Waals surface area contributed by atoms with E-state index in [1.165, 1.54) is 10.5 Å². The molecule has 0 radical (unpaired) electrons. The number of carbonyl (C=O) groups is 1. The standard InChI is InChI=1S/C13H12N2OS/c16-8-11-6-15(9-14-11)7-12-5-10-3-1-2-4-13(10)17-12/h1-4,6,8-9,12H,5,7H2. The number of fused-ring (bicyclic) bond motifs is 1. The van der Waals surface area contributed by atoms with Crippen molar-refractivity contribution in [2.24, 2.45) is 0 Å². The summed E-state index contributed by atoms with van der Waals surface area (Å²) in [6.07, 6.45) is 5.41. The van der Waals surface area contributed by atoms with Gasteiger partial charge in [-0.2, -0.15) is 0 Å². The van der Waals surface area contributed by atoms with Crippen LogP contribution in [0.1, 0.15) is 16.1 Å². The van der Waals surface area contributed by atoms with Crippen molar-refractivity contribution in [2.45, 2.75) is 23.1 Å². The van der Waals surface area contributed by atoms with Gasteiger partial charge in [0, 0.05) is 22.9 Å². The highest BCUT2D eigenvalue weighted by Gasteiger charge is 2.21. The van der Waals surface area contributed by atoms with Crippen molar-refractivity contribution >= 4 is 18.0 Å². The molecule has 1 aromatic heterocycles. The van der Waals surface area contributed by atoms with E-state index in [2.05, 4.69) is 29.2 Å². The van der Waals surface area contributed by atoms with Gasteiger partial charge in [-0.3, -0.25) is 4.79 Å². The van der Waals surface area contributed by atoms with Gasteiger partial charge in [0.2, 0.25) is 0 Å². The molecule has 1 aliphatic heterocycles. The average molecular weight is 244 g/mol. The Kier molecular flexibility index (Phi) is 2.73. The van der Waals surface area contributed by atoms with E-state index in [1.807, 2.05) is 16.3 Å². The summed E-state index contributed by atoms with van der Waals surface area (Å²) >= 11 is 1.91. The maximum Gasteiger partial charge on any atom is 0.169 e. The summed E-state index contributed by atoms with van der Waals surface area (Å²) < 4.78 is 1.99. The van der Waals surface area contributed by atoms with Gasteiger partial charge in [-0.05, 0) is 18.1 Å². The predicted octanol–water partition coefficient (Wildman–Crippen LogP) is 2.41. The van der Waals surface area contributed by atoms with E-state index in [-0.39, 0.29) is 0 Å². The quantitative estimate of drug-likeness (QED) is 0.778. The molecule has 0 N–H and O–H groups in total. The highest BCUT2D eigenvalue weighted by molar-refractivity contribution is 8.00. The second-order valence-corrected chi connectivity index (χ2v) is 5.51. The lowest BCUT2D eigenvalue weighted by atomic mass is 10.1. The largest absolute Gasteiger partial charge is 0.336 e. The van der Waals surface area contributed by atoms with Crippen LogP contribution in [0.5, 0.6) is 0 Å². The third kappa shape index (κ3) is 2.13. The summed E-state index contributed by atoms with van der Waals surface area (Å²) in [7, 11) is 0. The minimum atomic E-state index is 0.505. The Morgan fingerprint density at radius 3 is 3.12 bits per heavy atom. The van der Waals surface area contributed by atoms with Gasteiger partial charge in [-0.25, -0.2) is 4.98 Å². The molecule has 17 heavy (non-hydrogen) atoms. The lowest BCUT2D eigenvalue weighted by Gasteiger charge is -2.08. The zero-order chi connectivity index (χ0) is 11.7. The first-order chi connectivity index (χ1) is 8.35. The molecule has 2 aromatic rings. The maximum atomic E-state index is 10.6. The van der Waals surface area contributed by atoms with Gasteiger partial charge in [0.15, 0.2) is 6.29 Å². The monoisotopic (exact) mass is 244 g/mol. The van der Waals surface area contributed by atoms with Crippen molar-refractivity contribution in [3.05, 3.63) is 48.0 Å². The number of hydrogen-bond donors (Lipinski definition) is 0. The molecule has 1 aliphatic rings. The van der Waals surface area contributed by atoms with E-state index >= 15 is 0 Å². The Morgan fingerprint density at radius 1 is 1.47 bits per heavy atom. The van der Waals surface area contributed by atoms with Crippen LogP contribution in [0, 0.1) is 0 Å². The molecule has 0 aliphatic carbocycles. The second kappa shape index (κ2) is 4.37. The van der Waals surface area contributed by atoms with Gasteiger partial charge in [-0.15, -0.1) is 11.8 Å². The number of hydrogen-bond acceptors (Lipinski definition) is 3. The molecule has 1 aromatic carbocycles. The molecular weight excluding hydrogens is 232 g/mol. The zero-order valence-electron chi connectivity index (χ0n) is 9.24. The highest BCUT2D eigenvalue weighted by Crippen LogP contribution is 2.37. The SMILES string of the molecule is O=Cc1cn(CC2Cc3ccccc3S2)cn1. The number of aldehydes is 1. The predicted molar refractivity (Wildman–Crippen MR) is 67.4 cm³/mol. The lowest BCUT2D eigenvalue weighted by Crippen LogP contribution is -2.10. The minimum absolute atomic E-state index is 0.505. The van der Waals surface area contributed by atoms with Crippen LogP contribution in [0.4, 0.5) is 0 Å². The van der Waals surface area contributed by atoms with Crippen LogP contribution in [0.2, 0.25) is 0 Å². The van der Waals surface area contributed by atoms with Gasteiger partial charge < -0.3 is 4.57 Å². The third-order valence-corrected chi connectivity index (χ3v) is 4.20. The van der Waals surface area contributed by atoms with Gasteiger partial charge >= 0.3 is 0 Å². The van der Waals surface area contributed by atoms with Crippen molar-refractivity contribution in [3.8, 4) is 0 Å². The van der Waals surface area contributed by atoms with Crippen molar-refractivity contribution < 1.29 is 4.79 Å². The van der Waals surface area contributed by atoms with Crippen LogP contribution in [0.25, 0.3) is 0 Å². The fourth-order valence-corrected chi connectivity index (χ4v) is 3.46. The molecule has 0 saturated heterocycles. The zero-order valence-corrected chi connectivity index (χ0v) is 10.1. The van der Waals surface area contributed by atoms with Crippen molar-refractivity contribution in [1.29, 1.82) is 0 Å². The molecule has 0 amide bonds. The summed E-state index contributed by atoms with van der Waals surface area (Å²) in [5.74, 6) is 0. The molecule has 3 nitrogen and oxygen atoms in total. The van der Waals surface area contributed by atoms with Gasteiger partial charge in [0.1, 0.15) is 5.69 Å². The fraction of sp³-hybridized carbons (Fsp3) is 0.231. The molecule has 4 heteroatoms. The summed E-state index contributed by atoms with van der Waals surface area (Å²) in [6.45, 7) is 0.903. The summed E-state index contributed by atoms with van der Waals surface area (Å²) in [5, 5.41) is 0.543. The number of benzene rings is 1. The molecule has 0 spiro atoms. The Labute approximate surface area is 104 Å². The molecule has 0 bridgehead atoms. The van der Waals surface area contributed by atoms with Crippen molar-refractivity contribution in [2.75, 3.05) is 0 Å². The second-order valence-electron chi connectivity index (χ2n) is 4.16. The molecule has 86 valence electrons. The van der Waals surface area contributed by atoms with Gasteiger partial charge in [0.25, 0.3) is 0 Å². The molecule has 0 fully saturated rings. The normalized spacial score (nSPS) is 18.0. The Morgan fingerprint density at radius 2 is 2.35 bits per heavy atom. The first-order valence-corrected chi connectivity index (χ1v) is 6.44. The van der Waals surface area contributed by atoms with Crippen LogP contribution >= 0.6 is 11.8 Å². The van der Waals surface area contributed by atoms with Crippen molar-refractivity contribution in [1.82, 2.24) is 9.55 Å². The van der Waals surface area contributed by atoms with Crippen LogP contribution in [-0.2, 0) is 13.0 Å². The summed E-state index contributed by atoms with van der Waals surface area (Å²) in [6, 6.07) is 8.53. The van der Waals surface area contributed by atoms with E-state index in [9.17, 15) is 4.79 Å². The molecular formula is C13H12N2OS. The lowest BCUT2D eigenvalue weighted by molar-refractivity contribution is 0.111. The average Bonchev–Trinajstić information content (AvgIpc) is 2.94. The number of thioether (sulfide) groups is 1. The van der Waals surface area contributed by atoms with E-state index in [0.717, 1.165) is 19.3 Å². The summed E-state index contributed by atoms with van der Waals surface area (Å²) in [4.78, 5) is 15.9. The number of rotatable bonds is 3. The maximum absolute atomic E-state index is 10.6. The van der Waals surface area contributed by atoms with Crippen molar-refractivity contribution in [3.63, 3.8) is 0 Å². The van der Waals surface area contributed by atoms with Gasteiger partial charge in [0.05, 0.1) is 6.33 Å². The topological polar surface area (TPSA) is 34.9 Å². The van der Waals surface area contributed by atoms with Crippen LogP contribution in [0.3, 0.4) is 0 Å². The highest BCUT2D eigenvalue weighted by atomic mass is 32.2. The molecule has 1 unspecified atom stereocenters. The Balaban J connectivity index is 1.71. The van der Waals surface area contributed by atoms with Gasteiger partial charge in [-0.1, -0.05) is 18.2 Å². The summed E-state index contributed by atoms with van der Waals surface area (Å²) in [5.41, 5.74) is 1.93. The number of nitrogens with zero attached hydrogens (tertiary/aromatic N) is 2. The van der Waals surface area contributed by atoms with E-state index < -0.39 is 0 Å². The van der Waals surface area contributed by atoms with E-state index in [0.29, 0.717) is 10.9 Å². The fourth-order valence-electron chi connectivity index (χ4n) is 2.13. The first kappa shape index (κ1) is 10.6. The molecule has 1 atom stereocenters. The van der Waals surface area contributed by atoms with E-state index in [1.54, 1.807) is 12.5 Å². The first-order valence-electron chi connectivity index (χ1n) is 5.56. The third-order valence-electron chi connectivity index (χ3n) is 2.90. The number of aromatic nitrogens is 2. The molecule has 0 saturated carbocycles. The minimum Gasteiger partial charge on any atom is -0.336 e. The number of carbonyl (C=O) groups excluding carboxylic acids is 1.